The van der Waals surface area contributed by atoms with E-state index in [0.717, 1.165) is 27.4 Å². The van der Waals surface area contributed by atoms with E-state index in [-0.39, 0.29) is 36.5 Å². The van der Waals surface area contributed by atoms with E-state index in [9.17, 15) is 18.8 Å². The van der Waals surface area contributed by atoms with Crippen LogP contribution in [0.15, 0.2) is 66.9 Å². The second-order valence-corrected chi connectivity index (χ2v) is 9.29. The largest absolute Gasteiger partial charge is 0.360 e. The Morgan fingerprint density at radius 2 is 1.72 bits per heavy atom. The molecule has 4 aromatic rings. The number of halogens is 1. The summed E-state index contributed by atoms with van der Waals surface area (Å²) in [5.41, 5.74) is 3.99. The molecule has 3 aromatic carbocycles. The molecule has 0 aliphatic carbocycles. The number of amides is 3. The van der Waals surface area contributed by atoms with Crippen molar-refractivity contribution in [3.8, 4) is 0 Å². The number of imide groups is 1. The van der Waals surface area contributed by atoms with Gasteiger partial charge in [-0.05, 0) is 54.1 Å². The second-order valence-electron chi connectivity index (χ2n) is 9.29. The molecule has 6 rings (SSSR count). The van der Waals surface area contributed by atoms with E-state index < -0.39 is 0 Å². The van der Waals surface area contributed by atoms with Gasteiger partial charge in [0.15, 0.2) is 0 Å². The van der Waals surface area contributed by atoms with E-state index in [1.807, 2.05) is 36.5 Å². The van der Waals surface area contributed by atoms with E-state index in [1.54, 1.807) is 23.1 Å². The van der Waals surface area contributed by atoms with Gasteiger partial charge in [0.1, 0.15) is 5.82 Å². The highest BCUT2D eigenvalue weighted by Gasteiger charge is 2.32. The first-order valence-corrected chi connectivity index (χ1v) is 12.1. The fraction of sp³-hybridized carbons (Fsp3) is 0.207. The zero-order valence-corrected chi connectivity index (χ0v) is 19.6. The SMILES string of the molecule is O=C(CCCN1C(=O)c2cccc3cccc(c23)C1=O)N1CC=C(c2c[nH]c3cc(F)ccc23)CC1. The van der Waals surface area contributed by atoms with Crippen molar-refractivity contribution in [1.82, 2.24) is 14.8 Å². The first kappa shape index (κ1) is 22.2. The molecule has 0 fully saturated rings. The summed E-state index contributed by atoms with van der Waals surface area (Å²) >= 11 is 0. The normalized spacial score (nSPS) is 15.6. The number of rotatable bonds is 5. The van der Waals surface area contributed by atoms with Crippen LogP contribution in [-0.2, 0) is 4.79 Å². The van der Waals surface area contributed by atoms with Gasteiger partial charge in [0.25, 0.3) is 11.8 Å². The van der Waals surface area contributed by atoms with Crippen molar-refractivity contribution in [1.29, 1.82) is 0 Å². The highest BCUT2D eigenvalue weighted by Crippen LogP contribution is 2.31. The molecule has 0 atom stereocenters. The summed E-state index contributed by atoms with van der Waals surface area (Å²) < 4.78 is 13.5. The monoisotopic (exact) mass is 481 g/mol. The van der Waals surface area contributed by atoms with Gasteiger partial charge < -0.3 is 9.88 Å². The number of nitrogens with zero attached hydrogens (tertiary/aromatic N) is 2. The molecule has 36 heavy (non-hydrogen) atoms. The number of nitrogens with one attached hydrogen (secondary N) is 1. The van der Waals surface area contributed by atoms with Gasteiger partial charge in [0.05, 0.1) is 0 Å². The highest BCUT2D eigenvalue weighted by atomic mass is 19.1. The fourth-order valence-electron chi connectivity index (χ4n) is 5.33. The summed E-state index contributed by atoms with van der Waals surface area (Å²) in [6.45, 7) is 1.30. The summed E-state index contributed by atoms with van der Waals surface area (Å²) in [5, 5.41) is 2.55. The Hall–Kier alpha value is -4.26. The maximum Gasteiger partial charge on any atom is 0.261 e. The maximum atomic E-state index is 13.5. The third-order valence-corrected chi connectivity index (χ3v) is 7.18. The predicted octanol–water partition coefficient (Wildman–Crippen LogP) is 5.15. The van der Waals surface area contributed by atoms with Crippen LogP contribution < -0.4 is 0 Å². The second kappa shape index (κ2) is 8.75. The number of fused-ring (bicyclic) bond motifs is 1. The van der Waals surface area contributed by atoms with E-state index >= 15 is 0 Å². The molecule has 3 heterocycles. The average Bonchev–Trinajstić information content (AvgIpc) is 3.32. The lowest BCUT2D eigenvalue weighted by molar-refractivity contribution is -0.130. The molecule has 3 amide bonds. The summed E-state index contributed by atoms with van der Waals surface area (Å²) in [6, 6.07) is 15.7. The van der Waals surface area contributed by atoms with Gasteiger partial charge in [-0.25, -0.2) is 4.39 Å². The molecule has 0 unspecified atom stereocenters. The Kier molecular flexibility index (Phi) is 5.40. The number of hydrogen-bond acceptors (Lipinski definition) is 3. The number of hydrogen-bond donors (Lipinski definition) is 1. The molecule has 2 aliphatic rings. The van der Waals surface area contributed by atoms with E-state index in [0.29, 0.717) is 42.4 Å². The summed E-state index contributed by atoms with van der Waals surface area (Å²) in [7, 11) is 0. The number of aromatic amines is 1. The molecule has 2 aliphatic heterocycles. The smallest absolute Gasteiger partial charge is 0.261 e. The molecule has 1 aromatic heterocycles. The van der Waals surface area contributed by atoms with Crippen molar-refractivity contribution >= 4 is 45.0 Å². The molecule has 0 spiro atoms. The van der Waals surface area contributed by atoms with E-state index in [1.165, 1.54) is 17.0 Å². The van der Waals surface area contributed by atoms with Crippen LogP contribution in [0.5, 0.6) is 0 Å². The van der Waals surface area contributed by atoms with Gasteiger partial charge in [0, 0.05) is 65.2 Å². The zero-order chi connectivity index (χ0) is 24.8. The Morgan fingerprint density at radius 1 is 0.972 bits per heavy atom. The number of carbonyl (C=O) groups excluding carboxylic acids is 3. The van der Waals surface area contributed by atoms with Gasteiger partial charge >= 0.3 is 0 Å². The minimum Gasteiger partial charge on any atom is -0.360 e. The Bertz CT molecular complexity index is 1530. The third-order valence-electron chi connectivity index (χ3n) is 7.18. The van der Waals surface area contributed by atoms with Gasteiger partial charge in [-0.15, -0.1) is 0 Å². The molecular weight excluding hydrogens is 457 g/mol. The lowest BCUT2D eigenvalue weighted by Gasteiger charge is -2.28. The summed E-state index contributed by atoms with van der Waals surface area (Å²) in [5.74, 6) is -0.882. The number of H-pyrrole nitrogens is 1. The van der Waals surface area contributed by atoms with Crippen LogP contribution in [0.3, 0.4) is 0 Å². The fourth-order valence-corrected chi connectivity index (χ4v) is 5.33. The van der Waals surface area contributed by atoms with Crippen LogP contribution in [-0.4, -0.2) is 52.1 Å². The predicted molar refractivity (Wildman–Crippen MR) is 136 cm³/mol. The topological polar surface area (TPSA) is 73.5 Å². The molecule has 1 N–H and O–H groups in total. The Morgan fingerprint density at radius 3 is 2.42 bits per heavy atom. The van der Waals surface area contributed by atoms with Crippen molar-refractivity contribution in [2.75, 3.05) is 19.6 Å². The molecule has 0 saturated heterocycles. The highest BCUT2D eigenvalue weighted by molar-refractivity contribution is 6.25. The average molecular weight is 482 g/mol. The number of benzene rings is 3. The lowest BCUT2D eigenvalue weighted by atomic mass is 9.94. The quantitative estimate of drug-likeness (QED) is 0.401. The number of aromatic nitrogens is 1. The zero-order valence-electron chi connectivity index (χ0n) is 19.6. The molecular formula is C29H24FN3O3. The van der Waals surface area contributed by atoms with Gasteiger partial charge in [-0.1, -0.05) is 30.3 Å². The summed E-state index contributed by atoms with van der Waals surface area (Å²) in [6.07, 6.45) is 5.31. The van der Waals surface area contributed by atoms with Crippen LogP contribution in [0, 0.1) is 5.82 Å². The molecule has 180 valence electrons. The molecule has 0 bridgehead atoms. The maximum absolute atomic E-state index is 13.5. The molecule has 0 radical (unpaired) electrons. The molecule has 7 heteroatoms. The van der Waals surface area contributed by atoms with Crippen molar-refractivity contribution in [2.45, 2.75) is 19.3 Å². The number of carbonyl (C=O) groups is 3. The van der Waals surface area contributed by atoms with Gasteiger partial charge in [0.2, 0.25) is 5.91 Å². The van der Waals surface area contributed by atoms with Crippen molar-refractivity contribution in [3.05, 3.63) is 89.4 Å². The van der Waals surface area contributed by atoms with Crippen molar-refractivity contribution < 1.29 is 18.8 Å². The Balaban J connectivity index is 1.09. The van der Waals surface area contributed by atoms with Crippen molar-refractivity contribution in [2.24, 2.45) is 0 Å². The van der Waals surface area contributed by atoms with E-state index in [2.05, 4.69) is 4.98 Å². The van der Waals surface area contributed by atoms with Gasteiger partial charge in [-0.3, -0.25) is 19.3 Å². The van der Waals surface area contributed by atoms with Crippen LogP contribution in [0.1, 0.15) is 45.5 Å². The molecule has 0 saturated carbocycles. The van der Waals surface area contributed by atoms with Crippen LogP contribution >= 0.6 is 0 Å². The summed E-state index contributed by atoms with van der Waals surface area (Å²) in [4.78, 5) is 45.1. The Labute approximate surface area is 207 Å². The first-order chi connectivity index (χ1) is 17.5. The third kappa shape index (κ3) is 3.68. The van der Waals surface area contributed by atoms with Crippen LogP contribution in [0.4, 0.5) is 4.39 Å². The molecule has 6 nitrogen and oxygen atoms in total. The standard InChI is InChI=1S/C29H24FN3O3/c30-20-9-10-21-24(17-31-25(21)16-20)18-11-14-32(15-12-18)26(34)8-3-13-33-28(35)22-6-1-4-19-5-2-7-23(27(19)22)29(33)36/h1-2,4-7,9-11,16-17,31H,3,8,12-15H2. The lowest BCUT2D eigenvalue weighted by Crippen LogP contribution is -2.41. The van der Waals surface area contributed by atoms with Crippen molar-refractivity contribution in [3.63, 3.8) is 0 Å². The van der Waals surface area contributed by atoms with Crippen LogP contribution in [0.25, 0.3) is 27.2 Å². The minimum atomic E-state index is -0.305. The first-order valence-electron chi connectivity index (χ1n) is 12.1. The minimum absolute atomic E-state index is 0.00528. The van der Waals surface area contributed by atoms with Crippen LogP contribution in [0.2, 0.25) is 0 Å². The van der Waals surface area contributed by atoms with E-state index in [4.69, 9.17) is 0 Å². The van der Waals surface area contributed by atoms with Gasteiger partial charge in [-0.2, -0.15) is 0 Å².